The quantitative estimate of drug-likeness (QED) is 0.154. The number of ether oxygens (including phenoxy) is 2. The number of likely N-dealkylation sites (tertiary alicyclic amines) is 1. The Hall–Kier alpha value is -3.12. The molecule has 0 radical (unpaired) electrons. The molecule has 2 aromatic heterocycles. The fourth-order valence-electron chi connectivity index (χ4n) is 4.53. The van der Waals surface area contributed by atoms with Crippen molar-refractivity contribution in [3.63, 3.8) is 0 Å². The average molecular weight is 633 g/mol. The number of rotatable bonds is 9. The molecule has 1 fully saturated rings. The number of carbonyl (C=O) groups is 2. The molecule has 214 valence electrons. The molecule has 1 aliphatic rings. The van der Waals surface area contributed by atoms with Gasteiger partial charge in [-0.2, -0.15) is 0 Å². The number of thiazole rings is 1. The second kappa shape index (κ2) is 13.2. The minimum atomic E-state index is -0.186. The molecule has 9 nitrogen and oxygen atoms in total. The van der Waals surface area contributed by atoms with E-state index in [1.165, 1.54) is 23.1 Å². The van der Waals surface area contributed by atoms with E-state index in [1.807, 2.05) is 28.8 Å². The maximum absolute atomic E-state index is 13.1. The average Bonchev–Trinajstić information content (AvgIpc) is 3.64. The first-order valence-corrected chi connectivity index (χ1v) is 15.6. The van der Waals surface area contributed by atoms with Crippen LogP contribution in [0.1, 0.15) is 35.3 Å². The molecule has 0 atom stereocenters. The lowest BCUT2D eigenvalue weighted by Crippen LogP contribution is -2.40. The molecule has 2 aromatic carbocycles. The molecule has 0 bridgehead atoms. The van der Waals surface area contributed by atoms with Gasteiger partial charge in [-0.1, -0.05) is 47.1 Å². The predicted octanol–water partition coefficient (Wildman–Crippen LogP) is 6.41. The monoisotopic (exact) mass is 631 g/mol. The van der Waals surface area contributed by atoms with Gasteiger partial charge in [0, 0.05) is 29.1 Å². The number of aromatic nitrogens is 4. The van der Waals surface area contributed by atoms with Gasteiger partial charge in [-0.3, -0.25) is 14.2 Å². The fourth-order valence-corrected chi connectivity index (χ4v) is 6.63. The Bertz CT molecular complexity index is 1550. The molecule has 1 aliphatic heterocycles. The summed E-state index contributed by atoms with van der Waals surface area (Å²) in [6, 6.07) is 12.8. The van der Waals surface area contributed by atoms with Crippen molar-refractivity contribution in [1.29, 1.82) is 0 Å². The van der Waals surface area contributed by atoms with Gasteiger partial charge in [0.05, 0.1) is 36.1 Å². The van der Waals surface area contributed by atoms with Crippen molar-refractivity contribution in [2.75, 3.05) is 26.8 Å². The van der Waals surface area contributed by atoms with E-state index in [4.69, 9.17) is 32.7 Å². The predicted molar refractivity (Wildman–Crippen MR) is 160 cm³/mol. The Balaban J connectivity index is 1.33. The number of piperidine rings is 1. The largest absolute Gasteiger partial charge is 0.497 e. The number of esters is 1. The number of carbonyl (C=O) groups excluding carboxylic acids is 2. The van der Waals surface area contributed by atoms with Crippen LogP contribution in [0.5, 0.6) is 5.75 Å². The number of benzene rings is 2. The molecule has 0 aliphatic carbocycles. The molecule has 1 saturated heterocycles. The van der Waals surface area contributed by atoms with Crippen molar-refractivity contribution >= 4 is 58.2 Å². The van der Waals surface area contributed by atoms with Crippen LogP contribution in [0.25, 0.3) is 17.1 Å². The lowest BCUT2D eigenvalue weighted by Gasteiger charge is -2.30. The lowest BCUT2D eigenvalue weighted by molar-refractivity contribution is -0.149. The van der Waals surface area contributed by atoms with Gasteiger partial charge in [-0.05, 0) is 50.1 Å². The number of nitrogens with zero attached hydrogens (tertiary/aromatic N) is 5. The molecule has 13 heteroatoms. The Morgan fingerprint density at radius 2 is 1.93 bits per heavy atom. The van der Waals surface area contributed by atoms with Crippen molar-refractivity contribution in [2.24, 2.45) is 5.92 Å². The number of methoxy groups -OCH3 is 1. The van der Waals surface area contributed by atoms with Crippen LogP contribution in [-0.2, 0) is 15.3 Å². The second-order valence-corrected chi connectivity index (χ2v) is 11.9. The van der Waals surface area contributed by atoms with Gasteiger partial charge in [0.2, 0.25) is 0 Å². The zero-order valence-electron chi connectivity index (χ0n) is 22.4. The van der Waals surface area contributed by atoms with Crippen LogP contribution in [0.2, 0.25) is 10.0 Å². The zero-order chi connectivity index (χ0) is 28.9. The molecule has 0 N–H and O–H groups in total. The summed E-state index contributed by atoms with van der Waals surface area (Å²) in [4.78, 5) is 31.5. The lowest BCUT2D eigenvalue weighted by atomic mass is 9.97. The molecule has 0 saturated carbocycles. The molecule has 1 amide bonds. The molecule has 3 heterocycles. The van der Waals surface area contributed by atoms with Crippen molar-refractivity contribution < 1.29 is 19.1 Å². The first-order valence-electron chi connectivity index (χ1n) is 13.0. The molecule has 0 spiro atoms. The molecule has 4 aromatic rings. The van der Waals surface area contributed by atoms with Crippen LogP contribution >= 0.6 is 46.3 Å². The van der Waals surface area contributed by atoms with Crippen molar-refractivity contribution in [3.8, 4) is 22.8 Å². The Morgan fingerprint density at radius 1 is 1.12 bits per heavy atom. The van der Waals surface area contributed by atoms with Crippen LogP contribution in [-0.4, -0.2) is 63.3 Å². The molecule has 5 rings (SSSR count). The van der Waals surface area contributed by atoms with Gasteiger partial charge in [0.1, 0.15) is 16.5 Å². The summed E-state index contributed by atoms with van der Waals surface area (Å²) < 4.78 is 12.4. The summed E-state index contributed by atoms with van der Waals surface area (Å²) in [5.41, 5.74) is 1.84. The highest BCUT2D eigenvalue weighted by Crippen LogP contribution is 2.35. The van der Waals surface area contributed by atoms with E-state index >= 15 is 0 Å². The first-order chi connectivity index (χ1) is 19.9. The van der Waals surface area contributed by atoms with E-state index in [2.05, 4.69) is 15.2 Å². The van der Waals surface area contributed by atoms with Gasteiger partial charge in [-0.25, -0.2) is 4.98 Å². The Morgan fingerprint density at radius 3 is 2.68 bits per heavy atom. The Labute approximate surface area is 255 Å². The number of halogens is 2. The van der Waals surface area contributed by atoms with Crippen LogP contribution < -0.4 is 4.74 Å². The van der Waals surface area contributed by atoms with Gasteiger partial charge in [0.15, 0.2) is 11.0 Å². The van der Waals surface area contributed by atoms with Gasteiger partial charge < -0.3 is 14.4 Å². The van der Waals surface area contributed by atoms with Gasteiger partial charge in [0.25, 0.3) is 5.91 Å². The van der Waals surface area contributed by atoms with E-state index in [-0.39, 0.29) is 17.8 Å². The SMILES string of the molecule is CCOC(=O)C1CCN(C(=O)c2csc(CSc3nnc(-c4cccc(OC)c4)n3-c3cc(Cl)ccc3Cl)n2)CC1. The number of hydrogen-bond acceptors (Lipinski definition) is 9. The van der Waals surface area contributed by atoms with E-state index < -0.39 is 0 Å². The minimum absolute atomic E-state index is 0.131. The van der Waals surface area contributed by atoms with Crippen LogP contribution in [0, 0.1) is 5.92 Å². The van der Waals surface area contributed by atoms with Gasteiger partial charge >= 0.3 is 5.97 Å². The number of hydrogen-bond donors (Lipinski definition) is 0. The maximum Gasteiger partial charge on any atom is 0.309 e. The van der Waals surface area contributed by atoms with Crippen LogP contribution in [0.3, 0.4) is 0 Å². The Kier molecular flexibility index (Phi) is 9.49. The van der Waals surface area contributed by atoms with E-state index in [9.17, 15) is 9.59 Å². The molecular weight excluding hydrogens is 605 g/mol. The highest BCUT2D eigenvalue weighted by molar-refractivity contribution is 7.98. The summed E-state index contributed by atoms with van der Waals surface area (Å²) in [6.45, 7) is 3.16. The van der Waals surface area contributed by atoms with Crippen LogP contribution in [0.4, 0.5) is 0 Å². The topological polar surface area (TPSA) is 99.4 Å². The van der Waals surface area contributed by atoms with Crippen molar-refractivity contribution in [3.05, 3.63) is 68.6 Å². The summed E-state index contributed by atoms with van der Waals surface area (Å²) in [5.74, 6) is 1.26. The second-order valence-electron chi connectivity index (χ2n) is 9.20. The third kappa shape index (κ3) is 6.69. The summed E-state index contributed by atoms with van der Waals surface area (Å²) >= 11 is 15.8. The van der Waals surface area contributed by atoms with E-state index in [1.54, 1.807) is 42.5 Å². The molecular formula is C28H27Cl2N5O4S2. The van der Waals surface area contributed by atoms with E-state index in [0.29, 0.717) is 76.4 Å². The summed E-state index contributed by atoms with van der Waals surface area (Å²) in [5, 5.41) is 13.1. The standard InChI is InChI=1S/C28H27Cl2N5O4S2/c1-3-39-27(37)17-9-11-34(12-10-17)26(36)22-15-40-24(31-22)16-41-28-33-32-25(18-5-4-6-20(13-18)38-2)35(28)23-14-19(29)7-8-21(23)30/h4-8,13-15,17H,3,9-12,16H2,1-2H3. The summed E-state index contributed by atoms with van der Waals surface area (Å²) in [7, 11) is 1.61. The van der Waals surface area contributed by atoms with E-state index in [0.717, 1.165) is 10.6 Å². The van der Waals surface area contributed by atoms with Crippen molar-refractivity contribution in [1.82, 2.24) is 24.6 Å². The maximum atomic E-state index is 13.1. The highest BCUT2D eigenvalue weighted by atomic mass is 35.5. The molecule has 41 heavy (non-hydrogen) atoms. The normalized spacial score (nSPS) is 13.8. The first kappa shape index (κ1) is 29.4. The third-order valence-corrected chi connectivity index (χ3v) is 9.13. The highest BCUT2D eigenvalue weighted by Gasteiger charge is 2.29. The molecule has 0 unspecified atom stereocenters. The van der Waals surface area contributed by atoms with Gasteiger partial charge in [-0.15, -0.1) is 21.5 Å². The zero-order valence-corrected chi connectivity index (χ0v) is 25.5. The third-order valence-electron chi connectivity index (χ3n) is 6.61. The fraction of sp³-hybridized carbons (Fsp3) is 0.321. The summed E-state index contributed by atoms with van der Waals surface area (Å²) in [6.07, 6.45) is 1.18. The number of thioether (sulfide) groups is 1. The van der Waals surface area contributed by atoms with Crippen LogP contribution in [0.15, 0.2) is 53.0 Å². The van der Waals surface area contributed by atoms with Crippen molar-refractivity contribution in [2.45, 2.75) is 30.7 Å². The number of amides is 1. The minimum Gasteiger partial charge on any atom is -0.497 e. The smallest absolute Gasteiger partial charge is 0.309 e.